The van der Waals surface area contributed by atoms with Gasteiger partial charge in [0.15, 0.2) is 0 Å². The number of aryl methyl sites for hydroxylation is 1. The minimum atomic E-state index is 0.165. The number of hydrogen-bond acceptors (Lipinski definition) is 3. The van der Waals surface area contributed by atoms with Gasteiger partial charge in [0.25, 0.3) is 0 Å². The summed E-state index contributed by atoms with van der Waals surface area (Å²) in [7, 11) is 1.65. The molecule has 1 N–H and O–H groups in total. The number of amides is 1. The van der Waals surface area contributed by atoms with E-state index in [1.807, 2.05) is 36.1 Å². The van der Waals surface area contributed by atoms with Gasteiger partial charge < -0.3 is 9.64 Å². The number of carbonyl (C=O) groups is 1. The van der Waals surface area contributed by atoms with Gasteiger partial charge in [-0.25, -0.2) is 0 Å². The fraction of sp³-hybridized carbons (Fsp3) is 0.444. The molecule has 1 fully saturated rings. The summed E-state index contributed by atoms with van der Waals surface area (Å²) in [5.41, 5.74) is 3.22. The van der Waals surface area contributed by atoms with Gasteiger partial charge in [0.2, 0.25) is 5.91 Å². The summed E-state index contributed by atoms with van der Waals surface area (Å²) in [6.45, 7) is 3.62. The first kappa shape index (κ1) is 15.6. The quantitative estimate of drug-likeness (QED) is 0.944. The zero-order valence-corrected chi connectivity index (χ0v) is 13.7. The molecule has 2 aromatic rings. The van der Waals surface area contributed by atoms with Gasteiger partial charge in [-0.1, -0.05) is 17.7 Å². The molecule has 1 aliphatic rings. The van der Waals surface area contributed by atoms with Crippen LogP contribution >= 0.6 is 0 Å². The highest BCUT2D eigenvalue weighted by atomic mass is 16.5. The highest BCUT2D eigenvalue weighted by Gasteiger charge is 2.26. The van der Waals surface area contributed by atoms with Gasteiger partial charge in [0.1, 0.15) is 5.75 Å². The molecule has 1 saturated heterocycles. The topological polar surface area (TPSA) is 58.2 Å². The number of piperidine rings is 1. The first-order chi connectivity index (χ1) is 11.2. The summed E-state index contributed by atoms with van der Waals surface area (Å²) in [5.74, 6) is 1.30. The van der Waals surface area contributed by atoms with Crippen LogP contribution in [0.15, 0.2) is 30.5 Å². The van der Waals surface area contributed by atoms with Crippen molar-refractivity contribution < 1.29 is 9.53 Å². The molecule has 1 aromatic heterocycles. The van der Waals surface area contributed by atoms with Crippen molar-refractivity contribution in [3.63, 3.8) is 0 Å². The minimum Gasteiger partial charge on any atom is -0.496 e. The van der Waals surface area contributed by atoms with Crippen molar-refractivity contribution >= 4 is 5.91 Å². The number of rotatable bonds is 4. The molecule has 0 bridgehead atoms. The van der Waals surface area contributed by atoms with Crippen LogP contribution < -0.4 is 4.74 Å². The maximum atomic E-state index is 12.7. The molecular weight excluding hydrogens is 290 g/mol. The summed E-state index contributed by atoms with van der Waals surface area (Å²) >= 11 is 0. The van der Waals surface area contributed by atoms with E-state index in [1.54, 1.807) is 13.3 Å². The Kier molecular flexibility index (Phi) is 4.65. The molecule has 1 atom stereocenters. The Labute approximate surface area is 136 Å². The predicted octanol–water partition coefficient (Wildman–Crippen LogP) is 2.68. The van der Waals surface area contributed by atoms with Crippen LogP contribution in [0.2, 0.25) is 0 Å². The molecule has 1 aromatic carbocycles. The third-order valence-corrected chi connectivity index (χ3v) is 4.51. The smallest absolute Gasteiger partial charge is 0.227 e. The Morgan fingerprint density at radius 2 is 2.30 bits per heavy atom. The molecule has 0 spiro atoms. The molecule has 0 saturated carbocycles. The second-order valence-electron chi connectivity index (χ2n) is 6.18. The molecule has 1 aliphatic heterocycles. The van der Waals surface area contributed by atoms with Crippen molar-refractivity contribution in [3.8, 4) is 5.75 Å². The van der Waals surface area contributed by atoms with E-state index in [0.717, 1.165) is 48.5 Å². The van der Waals surface area contributed by atoms with Crippen molar-refractivity contribution in [3.05, 3.63) is 47.3 Å². The van der Waals surface area contributed by atoms with Crippen LogP contribution in [0, 0.1) is 6.92 Å². The van der Waals surface area contributed by atoms with Gasteiger partial charge >= 0.3 is 0 Å². The number of hydrogen-bond donors (Lipinski definition) is 1. The zero-order valence-electron chi connectivity index (χ0n) is 13.7. The lowest BCUT2D eigenvalue weighted by molar-refractivity contribution is -0.131. The van der Waals surface area contributed by atoms with E-state index in [4.69, 9.17) is 4.74 Å². The van der Waals surface area contributed by atoms with Crippen molar-refractivity contribution in [1.29, 1.82) is 0 Å². The summed E-state index contributed by atoms with van der Waals surface area (Å²) in [6, 6.07) is 7.97. The summed E-state index contributed by atoms with van der Waals surface area (Å²) in [5, 5.41) is 7.06. The van der Waals surface area contributed by atoms with E-state index in [1.165, 1.54) is 0 Å². The number of carbonyl (C=O) groups excluding carboxylic acids is 1. The fourth-order valence-corrected chi connectivity index (χ4v) is 3.27. The number of aromatic amines is 1. The van der Waals surface area contributed by atoms with Crippen LogP contribution in [0.1, 0.15) is 35.6 Å². The molecule has 0 aliphatic carbocycles. The van der Waals surface area contributed by atoms with Crippen molar-refractivity contribution in [2.45, 2.75) is 32.1 Å². The third-order valence-electron chi connectivity index (χ3n) is 4.51. The Balaban J connectivity index is 1.69. The van der Waals surface area contributed by atoms with Crippen LogP contribution in [0.5, 0.6) is 5.75 Å². The number of aromatic nitrogens is 2. The number of H-pyrrole nitrogens is 1. The Morgan fingerprint density at radius 3 is 3.04 bits per heavy atom. The Hall–Kier alpha value is -2.30. The molecule has 23 heavy (non-hydrogen) atoms. The van der Waals surface area contributed by atoms with E-state index in [2.05, 4.69) is 10.2 Å². The second kappa shape index (κ2) is 6.86. The van der Waals surface area contributed by atoms with Crippen LogP contribution in [0.25, 0.3) is 0 Å². The third kappa shape index (κ3) is 3.55. The van der Waals surface area contributed by atoms with Crippen LogP contribution in [0.3, 0.4) is 0 Å². The van der Waals surface area contributed by atoms with E-state index in [9.17, 15) is 4.79 Å². The van der Waals surface area contributed by atoms with Gasteiger partial charge in [0.05, 0.1) is 13.5 Å². The summed E-state index contributed by atoms with van der Waals surface area (Å²) in [6.07, 6.45) is 4.29. The number of ether oxygens (including phenoxy) is 1. The minimum absolute atomic E-state index is 0.165. The number of likely N-dealkylation sites (tertiary alicyclic amines) is 1. The zero-order chi connectivity index (χ0) is 16.2. The summed E-state index contributed by atoms with van der Waals surface area (Å²) < 4.78 is 5.38. The molecule has 2 heterocycles. The lowest BCUT2D eigenvalue weighted by Crippen LogP contribution is -2.40. The number of nitrogens with one attached hydrogen (secondary N) is 1. The van der Waals surface area contributed by atoms with Crippen LogP contribution in [-0.4, -0.2) is 41.2 Å². The van der Waals surface area contributed by atoms with Gasteiger partial charge in [-0.2, -0.15) is 5.10 Å². The molecule has 0 radical (unpaired) electrons. The molecule has 5 heteroatoms. The maximum absolute atomic E-state index is 12.7. The normalized spacial score (nSPS) is 18.0. The molecule has 122 valence electrons. The SMILES string of the molecule is COc1ccc(C)cc1CC(=O)N1CCC[C@H](c2ccn[nH]2)C1. The fourth-order valence-electron chi connectivity index (χ4n) is 3.27. The average Bonchev–Trinajstić information content (AvgIpc) is 3.10. The first-order valence-corrected chi connectivity index (χ1v) is 8.08. The largest absolute Gasteiger partial charge is 0.496 e. The Morgan fingerprint density at radius 1 is 1.43 bits per heavy atom. The van der Waals surface area contributed by atoms with Gasteiger partial charge in [0, 0.05) is 36.5 Å². The lowest BCUT2D eigenvalue weighted by atomic mass is 9.94. The molecule has 5 nitrogen and oxygen atoms in total. The van der Waals surface area contributed by atoms with Crippen LogP contribution in [0.4, 0.5) is 0 Å². The summed E-state index contributed by atoms with van der Waals surface area (Å²) in [4.78, 5) is 14.7. The maximum Gasteiger partial charge on any atom is 0.227 e. The van der Waals surface area contributed by atoms with Gasteiger partial charge in [-0.05, 0) is 31.9 Å². The highest BCUT2D eigenvalue weighted by Crippen LogP contribution is 2.27. The van der Waals surface area contributed by atoms with Crippen molar-refractivity contribution in [2.24, 2.45) is 0 Å². The lowest BCUT2D eigenvalue weighted by Gasteiger charge is -2.32. The van der Waals surface area contributed by atoms with E-state index < -0.39 is 0 Å². The van der Waals surface area contributed by atoms with E-state index >= 15 is 0 Å². The molecule has 3 rings (SSSR count). The van der Waals surface area contributed by atoms with Crippen LogP contribution in [-0.2, 0) is 11.2 Å². The molecule has 0 unspecified atom stereocenters. The number of methoxy groups -OCH3 is 1. The second-order valence-corrected chi connectivity index (χ2v) is 6.18. The van der Waals surface area contributed by atoms with Crippen molar-refractivity contribution in [1.82, 2.24) is 15.1 Å². The number of nitrogens with zero attached hydrogens (tertiary/aromatic N) is 2. The standard InChI is InChI=1S/C18H23N3O2/c1-13-5-6-17(23-2)15(10-13)11-18(22)21-9-3-4-14(12-21)16-7-8-19-20-16/h5-8,10,14H,3-4,9,11-12H2,1-2H3,(H,19,20)/t14-/m0/s1. The van der Waals surface area contributed by atoms with Gasteiger partial charge in [-0.15, -0.1) is 0 Å². The van der Waals surface area contributed by atoms with Crippen molar-refractivity contribution in [2.75, 3.05) is 20.2 Å². The first-order valence-electron chi connectivity index (χ1n) is 8.08. The number of benzene rings is 1. The molecule has 1 amide bonds. The van der Waals surface area contributed by atoms with E-state index in [-0.39, 0.29) is 5.91 Å². The average molecular weight is 313 g/mol. The Bertz CT molecular complexity index is 667. The monoisotopic (exact) mass is 313 g/mol. The van der Waals surface area contributed by atoms with E-state index in [0.29, 0.717) is 12.3 Å². The highest BCUT2D eigenvalue weighted by molar-refractivity contribution is 5.79. The predicted molar refractivity (Wildman–Crippen MR) is 88.6 cm³/mol. The van der Waals surface area contributed by atoms with Gasteiger partial charge in [-0.3, -0.25) is 9.89 Å². The molecular formula is C18H23N3O2.